The van der Waals surface area contributed by atoms with Gasteiger partial charge in [-0.3, -0.25) is 4.79 Å². The largest absolute Gasteiger partial charge is 0.494 e. The molecule has 2 unspecified atom stereocenters. The molecule has 1 spiro atoms. The van der Waals surface area contributed by atoms with Gasteiger partial charge >= 0.3 is 5.97 Å². The summed E-state index contributed by atoms with van der Waals surface area (Å²) in [5.74, 6) is 0.476. The average molecular weight is 412 g/mol. The third-order valence-electron chi connectivity index (χ3n) is 7.51. The van der Waals surface area contributed by atoms with Gasteiger partial charge in [-0.15, -0.1) is 0 Å². The Morgan fingerprint density at radius 3 is 2.77 bits per heavy atom. The number of hydrogen-bond donors (Lipinski definition) is 3. The van der Waals surface area contributed by atoms with Crippen LogP contribution >= 0.6 is 0 Å². The Kier molecular flexibility index (Phi) is 4.45. The Morgan fingerprint density at radius 1 is 1.37 bits per heavy atom. The number of fused-ring (bicyclic) bond motifs is 1. The van der Waals surface area contributed by atoms with Gasteiger partial charge in [-0.05, 0) is 51.6 Å². The van der Waals surface area contributed by atoms with Crippen LogP contribution in [0.4, 0.5) is 0 Å². The highest BCUT2D eigenvalue weighted by atomic mass is 16.5. The molecule has 3 N–H and O–H groups in total. The number of carbonyl (C=O) groups is 1. The third kappa shape index (κ3) is 2.87. The van der Waals surface area contributed by atoms with E-state index in [1.807, 2.05) is 17.7 Å². The molecular weight excluding hydrogens is 382 g/mol. The van der Waals surface area contributed by atoms with Crippen LogP contribution in [0.25, 0.3) is 10.9 Å². The van der Waals surface area contributed by atoms with E-state index in [1.165, 1.54) is 6.20 Å². The maximum Gasteiger partial charge on any atom is 0.341 e. The molecule has 4 atom stereocenters. The number of methoxy groups -OCH3 is 1. The van der Waals surface area contributed by atoms with E-state index in [0.29, 0.717) is 23.3 Å². The van der Waals surface area contributed by atoms with Crippen LogP contribution in [0.5, 0.6) is 5.75 Å². The number of aromatic nitrogens is 1. The van der Waals surface area contributed by atoms with E-state index in [-0.39, 0.29) is 17.1 Å². The minimum atomic E-state index is -1.18. The molecule has 160 valence electrons. The fourth-order valence-electron chi connectivity index (χ4n) is 5.39. The monoisotopic (exact) mass is 411 g/mol. The lowest BCUT2D eigenvalue weighted by Crippen LogP contribution is -2.31. The van der Waals surface area contributed by atoms with Crippen LogP contribution in [-0.2, 0) is 0 Å². The van der Waals surface area contributed by atoms with Crippen molar-refractivity contribution in [1.82, 2.24) is 15.2 Å². The third-order valence-corrected chi connectivity index (χ3v) is 7.51. The normalized spacial score (nSPS) is 28.8. The number of benzene rings is 1. The van der Waals surface area contributed by atoms with E-state index in [0.717, 1.165) is 49.1 Å². The molecular formula is C23H29N3O4. The van der Waals surface area contributed by atoms with Crippen molar-refractivity contribution in [2.75, 3.05) is 20.7 Å². The molecule has 7 nitrogen and oxygen atoms in total. The lowest BCUT2D eigenvalue weighted by atomic mass is 9.94. The summed E-state index contributed by atoms with van der Waals surface area (Å²) in [5.41, 5.74) is 1.35. The Balaban J connectivity index is 1.60. The molecule has 2 aliphatic carbocycles. The summed E-state index contributed by atoms with van der Waals surface area (Å²) in [6.45, 7) is 3.23. The second-order valence-corrected chi connectivity index (χ2v) is 9.24. The van der Waals surface area contributed by atoms with Gasteiger partial charge in [0.1, 0.15) is 11.3 Å². The van der Waals surface area contributed by atoms with Gasteiger partial charge in [-0.2, -0.15) is 0 Å². The van der Waals surface area contributed by atoms with E-state index in [1.54, 1.807) is 13.2 Å². The van der Waals surface area contributed by atoms with Crippen molar-refractivity contribution < 1.29 is 14.6 Å². The summed E-state index contributed by atoms with van der Waals surface area (Å²) in [7, 11) is 3.66. The first-order chi connectivity index (χ1) is 14.4. The summed E-state index contributed by atoms with van der Waals surface area (Å²) in [5, 5.41) is 17.1. The highest BCUT2D eigenvalue weighted by molar-refractivity contribution is 5.95. The first-order valence-corrected chi connectivity index (χ1v) is 10.8. The summed E-state index contributed by atoms with van der Waals surface area (Å²) >= 11 is 0. The number of carboxylic acids is 1. The van der Waals surface area contributed by atoms with Crippen molar-refractivity contribution in [2.24, 2.45) is 5.92 Å². The molecule has 0 radical (unpaired) electrons. The van der Waals surface area contributed by atoms with Crippen LogP contribution in [0.2, 0.25) is 0 Å². The van der Waals surface area contributed by atoms with Gasteiger partial charge in [0.15, 0.2) is 0 Å². The lowest BCUT2D eigenvalue weighted by molar-refractivity contribution is 0.0695. The first-order valence-electron chi connectivity index (χ1n) is 10.8. The Labute approximate surface area is 175 Å². The number of hydrogen-bond acceptors (Lipinski definition) is 5. The van der Waals surface area contributed by atoms with Gasteiger partial charge in [0, 0.05) is 41.8 Å². The van der Waals surface area contributed by atoms with E-state index in [2.05, 4.69) is 17.6 Å². The number of aromatic carboxylic acids is 1. The summed E-state index contributed by atoms with van der Waals surface area (Å²) in [6.07, 6.45) is 5.67. The van der Waals surface area contributed by atoms with Crippen LogP contribution in [0, 0.1) is 5.92 Å². The highest BCUT2D eigenvalue weighted by Gasteiger charge is 2.59. The van der Waals surface area contributed by atoms with Gasteiger partial charge in [-0.25, -0.2) is 4.79 Å². The molecule has 3 aliphatic rings. The quantitative estimate of drug-likeness (QED) is 0.676. The fourth-order valence-corrected chi connectivity index (χ4v) is 5.39. The number of ether oxygens (including phenoxy) is 1. The van der Waals surface area contributed by atoms with Crippen molar-refractivity contribution in [3.63, 3.8) is 0 Å². The van der Waals surface area contributed by atoms with Gasteiger partial charge in [0.25, 0.3) is 0 Å². The molecule has 30 heavy (non-hydrogen) atoms. The topological polar surface area (TPSA) is 92.6 Å². The number of pyridine rings is 1. The predicted octanol–water partition coefficient (Wildman–Crippen LogP) is 2.49. The molecule has 1 saturated heterocycles. The van der Waals surface area contributed by atoms with E-state index < -0.39 is 11.4 Å². The predicted molar refractivity (Wildman–Crippen MR) is 115 cm³/mol. The van der Waals surface area contributed by atoms with Crippen molar-refractivity contribution >= 4 is 16.9 Å². The summed E-state index contributed by atoms with van der Waals surface area (Å²) in [6, 6.07) is 4.47. The van der Waals surface area contributed by atoms with Crippen LogP contribution < -0.4 is 20.8 Å². The van der Waals surface area contributed by atoms with Crippen LogP contribution in [0.3, 0.4) is 0 Å². The maximum atomic E-state index is 12.9. The second-order valence-electron chi connectivity index (χ2n) is 9.24. The van der Waals surface area contributed by atoms with Crippen LogP contribution in [0.15, 0.2) is 23.1 Å². The van der Waals surface area contributed by atoms with Crippen molar-refractivity contribution in [1.29, 1.82) is 0 Å². The number of nitrogens with one attached hydrogen (secondary N) is 2. The Hall–Kier alpha value is -2.38. The van der Waals surface area contributed by atoms with Gasteiger partial charge in [0.2, 0.25) is 5.43 Å². The smallest absolute Gasteiger partial charge is 0.341 e. The summed E-state index contributed by atoms with van der Waals surface area (Å²) < 4.78 is 7.85. The minimum Gasteiger partial charge on any atom is -0.494 e. The standard InChI is InChI=1S/C23H29N3O4/c1-12(24-2)13-8-23(25-10-13)9-18(23)15-6-7-16-19(21(15)30-3)26(14-4-5-14)11-17(20(16)27)22(28)29/h6-7,11-14,18,24-25H,4-5,8-10H2,1-3H3,(H,28,29)/t12-,13+,18?,23?/m0/s1. The first kappa shape index (κ1) is 19.6. The van der Waals surface area contributed by atoms with Gasteiger partial charge in [0.05, 0.1) is 18.0 Å². The molecule has 2 heterocycles. The molecule has 2 saturated carbocycles. The van der Waals surface area contributed by atoms with Crippen molar-refractivity contribution in [3.8, 4) is 5.75 Å². The van der Waals surface area contributed by atoms with Crippen molar-refractivity contribution in [3.05, 3.63) is 39.7 Å². The summed E-state index contributed by atoms with van der Waals surface area (Å²) in [4.78, 5) is 24.5. The maximum absolute atomic E-state index is 12.9. The SMILES string of the molecule is CN[C@@H](C)[C@H]1CNC2(CC2c2ccc3c(=O)c(C(=O)O)cn(C4CC4)c3c2OC)C1. The van der Waals surface area contributed by atoms with E-state index in [4.69, 9.17) is 4.74 Å². The fraction of sp³-hybridized carbons (Fsp3) is 0.565. The minimum absolute atomic E-state index is 0.0996. The highest BCUT2D eigenvalue weighted by Crippen LogP contribution is 2.60. The number of carboxylic acid groups (broad SMARTS) is 1. The molecule has 1 aliphatic heterocycles. The van der Waals surface area contributed by atoms with Crippen LogP contribution in [-0.4, -0.2) is 47.9 Å². The number of rotatable bonds is 6. The van der Waals surface area contributed by atoms with E-state index in [9.17, 15) is 14.7 Å². The van der Waals surface area contributed by atoms with Crippen LogP contribution in [0.1, 0.15) is 60.5 Å². The molecule has 7 heteroatoms. The number of nitrogens with zero attached hydrogens (tertiary/aromatic N) is 1. The Bertz CT molecular complexity index is 1090. The molecule has 0 bridgehead atoms. The molecule has 0 amide bonds. The molecule has 2 aromatic rings. The Morgan fingerprint density at radius 2 is 2.13 bits per heavy atom. The average Bonchev–Trinajstić information content (AvgIpc) is 3.64. The zero-order valence-corrected chi connectivity index (χ0v) is 17.7. The zero-order chi connectivity index (χ0) is 21.2. The van der Waals surface area contributed by atoms with Gasteiger partial charge in [-0.1, -0.05) is 6.07 Å². The molecule has 1 aromatic heterocycles. The lowest BCUT2D eigenvalue weighted by Gasteiger charge is -2.19. The molecule has 3 fully saturated rings. The second kappa shape index (κ2) is 6.82. The van der Waals surface area contributed by atoms with Crippen molar-refractivity contribution in [2.45, 2.75) is 56.1 Å². The van der Waals surface area contributed by atoms with Gasteiger partial charge < -0.3 is 25.0 Å². The molecule has 5 rings (SSSR count). The zero-order valence-electron chi connectivity index (χ0n) is 17.7. The van der Waals surface area contributed by atoms with E-state index >= 15 is 0 Å². The molecule has 1 aromatic carbocycles.